The molecule has 3 aromatic carbocycles. The van der Waals surface area contributed by atoms with E-state index >= 15 is 0 Å². The summed E-state index contributed by atoms with van der Waals surface area (Å²) in [5, 5.41) is 5.53. The van der Waals surface area contributed by atoms with Gasteiger partial charge in [0.15, 0.2) is 0 Å². The molecule has 1 saturated heterocycles. The second-order valence-electron chi connectivity index (χ2n) is 11.8. The predicted molar refractivity (Wildman–Crippen MR) is 152 cm³/mol. The monoisotopic (exact) mass is 526 g/mol. The van der Waals surface area contributed by atoms with Gasteiger partial charge in [-0.3, -0.25) is 14.5 Å². The summed E-state index contributed by atoms with van der Waals surface area (Å²) in [6, 6.07) is 22.1. The van der Waals surface area contributed by atoms with Crippen LogP contribution in [0.1, 0.15) is 61.4 Å². The number of carbonyl (C=O) groups is 2. The molecule has 1 aliphatic heterocycles. The molecule has 3 aliphatic rings. The summed E-state index contributed by atoms with van der Waals surface area (Å²) in [5.41, 5.74) is 0.717. The van der Waals surface area contributed by atoms with Gasteiger partial charge in [0.25, 0.3) is 5.91 Å². The Morgan fingerprint density at radius 3 is 2.56 bits per heavy atom. The highest BCUT2D eigenvalue weighted by atomic mass is 16.6. The summed E-state index contributed by atoms with van der Waals surface area (Å²) in [5.74, 6) is 1.26. The summed E-state index contributed by atoms with van der Waals surface area (Å²) in [6.45, 7) is 4.27. The maximum atomic E-state index is 13.5. The molecule has 0 bridgehead atoms. The molecule has 6 nitrogen and oxygen atoms in total. The van der Waals surface area contributed by atoms with E-state index in [2.05, 4.69) is 28.4 Å². The van der Waals surface area contributed by atoms with E-state index in [0.29, 0.717) is 18.4 Å². The molecular weight excluding hydrogens is 488 g/mol. The number of carbonyl (C=O) groups excluding carboxylic acids is 2. The van der Waals surface area contributed by atoms with Crippen molar-refractivity contribution in [2.24, 2.45) is 5.92 Å². The number of nitrogens with zero attached hydrogens (tertiary/aromatic N) is 1. The van der Waals surface area contributed by atoms with Crippen molar-refractivity contribution in [1.29, 1.82) is 0 Å². The highest BCUT2D eigenvalue weighted by molar-refractivity contribution is 5.98. The number of benzene rings is 3. The van der Waals surface area contributed by atoms with Gasteiger partial charge in [0.1, 0.15) is 11.4 Å². The minimum atomic E-state index is -0.650. The van der Waals surface area contributed by atoms with Crippen molar-refractivity contribution in [3.63, 3.8) is 0 Å². The minimum absolute atomic E-state index is 0.0335. The zero-order valence-electron chi connectivity index (χ0n) is 22.9. The van der Waals surface area contributed by atoms with E-state index in [1.807, 2.05) is 48.5 Å². The molecule has 2 aliphatic carbocycles. The Hall–Kier alpha value is -3.38. The lowest BCUT2D eigenvalue weighted by Crippen LogP contribution is -2.68. The average molecular weight is 527 g/mol. The average Bonchev–Trinajstić information content (AvgIpc) is 3.76. The number of hydrogen-bond donors (Lipinski definition) is 1. The first kappa shape index (κ1) is 25.9. The van der Waals surface area contributed by atoms with Gasteiger partial charge in [-0.25, -0.2) is 0 Å². The first-order valence-corrected chi connectivity index (χ1v) is 14.3. The van der Waals surface area contributed by atoms with Crippen molar-refractivity contribution in [3.05, 3.63) is 77.9 Å². The van der Waals surface area contributed by atoms with Crippen LogP contribution >= 0.6 is 0 Å². The fraction of sp³-hybridized carbons (Fsp3) is 0.455. The Morgan fingerprint density at radius 2 is 1.79 bits per heavy atom. The van der Waals surface area contributed by atoms with E-state index in [0.717, 1.165) is 60.5 Å². The summed E-state index contributed by atoms with van der Waals surface area (Å²) >= 11 is 0. The third kappa shape index (κ3) is 5.03. The molecule has 6 heteroatoms. The van der Waals surface area contributed by atoms with Gasteiger partial charge in [-0.1, -0.05) is 42.5 Å². The largest absolute Gasteiger partial charge is 0.497 e. The Bertz CT molecular complexity index is 1380. The highest BCUT2D eigenvalue weighted by Crippen LogP contribution is 2.54. The topological polar surface area (TPSA) is 67.9 Å². The van der Waals surface area contributed by atoms with E-state index in [1.54, 1.807) is 7.11 Å². The third-order valence-corrected chi connectivity index (χ3v) is 9.22. The molecule has 39 heavy (non-hydrogen) atoms. The molecular formula is C33H38N2O4. The number of hydrogen-bond acceptors (Lipinski definition) is 5. The van der Waals surface area contributed by atoms with Gasteiger partial charge in [0.05, 0.1) is 7.11 Å². The number of piperidine rings is 1. The van der Waals surface area contributed by atoms with Crippen LogP contribution in [0.4, 0.5) is 0 Å². The maximum absolute atomic E-state index is 13.5. The van der Waals surface area contributed by atoms with Crippen LogP contribution in [-0.4, -0.2) is 55.2 Å². The number of ether oxygens (including phenoxy) is 2. The number of rotatable bonds is 7. The molecule has 6 rings (SSSR count). The number of likely N-dealkylation sites (tertiary alicyclic amines) is 1. The zero-order valence-corrected chi connectivity index (χ0v) is 22.9. The normalized spacial score (nSPS) is 27.0. The van der Waals surface area contributed by atoms with Crippen LogP contribution in [0.5, 0.6) is 5.75 Å². The molecule has 0 aromatic heterocycles. The lowest BCUT2D eigenvalue weighted by Gasteiger charge is -2.59. The molecule has 0 radical (unpaired) electrons. The Kier molecular flexibility index (Phi) is 6.84. The Balaban J connectivity index is 1.33. The minimum Gasteiger partial charge on any atom is -0.497 e. The number of nitrogens with one attached hydrogen (secondary N) is 1. The number of amides is 1. The first-order valence-electron chi connectivity index (χ1n) is 14.3. The third-order valence-electron chi connectivity index (χ3n) is 9.22. The number of esters is 1. The lowest BCUT2D eigenvalue weighted by atomic mass is 9.55. The van der Waals surface area contributed by atoms with E-state index in [9.17, 15) is 9.59 Å². The van der Waals surface area contributed by atoms with Crippen molar-refractivity contribution >= 4 is 22.6 Å². The Labute approximate surface area is 230 Å². The van der Waals surface area contributed by atoms with E-state index in [4.69, 9.17) is 9.47 Å². The predicted octanol–water partition coefficient (Wildman–Crippen LogP) is 5.49. The van der Waals surface area contributed by atoms with E-state index < -0.39 is 11.0 Å². The molecule has 3 aromatic rings. The molecule has 204 valence electrons. The molecule has 2 saturated carbocycles. The Morgan fingerprint density at radius 1 is 0.974 bits per heavy atom. The molecule has 1 N–H and O–H groups in total. The summed E-state index contributed by atoms with van der Waals surface area (Å²) < 4.78 is 12.0. The van der Waals surface area contributed by atoms with Gasteiger partial charge in [0, 0.05) is 37.0 Å². The van der Waals surface area contributed by atoms with Crippen molar-refractivity contribution in [2.45, 2.75) is 62.5 Å². The second kappa shape index (κ2) is 10.3. The molecule has 0 spiro atoms. The molecule has 3 fully saturated rings. The lowest BCUT2D eigenvalue weighted by molar-refractivity contribution is -0.186. The summed E-state index contributed by atoms with van der Waals surface area (Å²) in [4.78, 5) is 28.6. The van der Waals surface area contributed by atoms with Gasteiger partial charge in [-0.2, -0.15) is 0 Å². The van der Waals surface area contributed by atoms with Crippen LogP contribution in [0.15, 0.2) is 66.7 Å². The maximum Gasteiger partial charge on any atom is 0.303 e. The van der Waals surface area contributed by atoms with Crippen LogP contribution in [0.25, 0.3) is 10.8 Å². The van der Waals surface area contributed by atoms with Crippen molar-refractivity contribution in [1.82, 2.24) is 10.2 Å². The van der Waals surface area contributed by atoms with Gasteiger partial charge >= 0.3 is 5.97 Å². The number of methoxy groups -OCH3 is 1. The van der Waals surface area contributed by atoms with Gasteiger partial charge in [-0.05, 0) is 91.6 Å². The quantitative estimate of drug-likeness (QED) is 0.413. The standard InChI is InChI=1S/C33H38N2O4/c1-23(36)39-33-15-14-29(34-31(37)27-13-12-25-6-3-4-7-26(25)18-27)20-32(33,28-8-5-9-30(19-28)38-2)16-17-35(22-33)21-24-10-11-24/h3-9,12-13,18-19,24,29H,10-11,14-17,20-22H2,1-2H3,(H,34,37)/t29-,32+,33+/m1/s1. The van der Waals surface area contributed by atoms with E-state index in [-0.39, 0.29) is 17.9 Å². The summed E-state index contributed by atoms with van der Waals surface area (Å²) in [7, 11) is 1.68. The fourth-order valence-corrected chi connectivity index (χ4v) is 7.15. The van der Waals surface area contributed by atoms with Crippen molar-refractivity contribution < 1.29 is 19.1 Å². The highest BCUT2D eigenvalue weighted by Gasteiger charge is 2.61. The van der Waals surface area contributed by atoms with Gasteiger partial charge < -0.3 is 14.8 Å². The molecule has 1 amide bonds. The zero-order chi connectivity index (χ0) is 27.0. The fourth-order valence-electron chi connectivity index (χ4n) is 7.15. The van der Waals surface area contributed by atoms with Gasteiger partial charge in [-0.15, -0.1) is 0 Å². The van der Waals surface area contributed by atoms with Crippen LogP contribution < -0.4 is 10.1 Å². The molecule has 3 atom stereocenters. The second-order valence-corrected chi connectivity index (χ2v) is 11.8. The van der Waals surface area contributed by atoms with Crippen molar-refractivity contribution in [3.8, 4) is 5.75 Å². The summed E-state index contributed by atoms with van der Waals surface area (Å²) in [6.07, 6.45) is 5.62. The first-order chi connectivity index (χ1) is 18.9. The van der Waals surface area contributed by atoms with Crippen molar-refractivity contribution in [2.75, 3.05) is 26.7 Å². The van der Waals surface area contributed by atoms with Crippen LogP contribution in [0.3, 0.4) is 0 Å². The van der Waals surface area contributed by atoms with Gasteiger partial charge in [0.2, 0.25) is 0 Å². The molecule has 1 heterocycles. The van der Waals surface area contributed by atoms with Crippen LogP contribution in [0, 0.1) is 5.92 Å². The number of fused-ring (bicyclic) bond motifs is 2. The smallest absolute Gasteiger partial charge is 0.303 e. The van der Waals surface area contributed by atoms with Crippen LogP contribution in [0.2, 0.25) is 0 Å². The van der Waals surface area contributed by atoms with Crippen LogP contribution in [-0.2, 0) is 14.9 Å². The SMILES string of the molecule is COc1cccc([C@@]23CCN(CC4CC4)C[C@@]2(OC(C)=O)CC[C@@H](NC(=O)c2ccc4ccccc4c2)C3)c1. The molecule has 0 unspecified atom stereocenters. The van der Waals surface area contributed by atoms with E-state index in [1.165, 1.54) is 19.8 Å².